The van der Waals surface area contributed by atoms with Crippen molar-refractivity contribution < 1.29 is 9.59 Å². The smallest absolute Gasteiger partial charge is 0.321 e. The Hall–Kier alpha value is -2.04. The molecule has 0 bridgehead atoms. The molecule has 0 aliphatic carbocycles. The lowest BCUT2D eigenvalue weighted by Crippen LogP contribution is -2.37. The number of benzene rings is 1. The van der Waals surface area contributed by atoms with E-state index in [-0.39, 0.29) is 11.9 Å². The molecule has 1 aliphatic heterocycles. The van der Waals surface area contributed by atoms with Crippen LogP contribution in [0.2, 0.25) is 0 Å². The third-order valence-corrected chi connectivity index (χ3v) is 4.84. The van der Waals surface area contributed by atoms with E-state index in [0.29, 0.717) is 12.5 Å². The van der Waals surface area contributed by atoms with Crippen LogP contribution in [0.3, 0.4) is 0 Å². The van der Waals surface area contributed by atoms with Crippen LogP contribution in [0.1, 0.15) is 38.3 Å². The molecule has 1 N–H and O–H groups in total. The van der Waals surface area contributed by atoms with Crippen LogP contribution in [-0.4, -0.2) is 48.4 Å². The zero-order chi connectivity index (χ0) is 17.7. The Labute approximate surface area is 145 Å². The number of likely N-dealkylation sites (tertiary alicyclic amines) is 1. The van der Waals surface area contributed by atoms with Crippen LogP contribution < -0.4 is 5.32 Å². The highest BCUT2D eigenvalue weighted by Gasteiger charge is 2.26. The predicted molar refractivity (Wildman–Crippen MR) is 97.2 cm³/mol. The fourth-order valence-electron chi connectivity index (χ4n) is 3.34. The van der Waals surface area contributed by atoms with Crippen molar-refractivity contribution in [3.05, 3.63) is 29.3 Å². The van der Waals surface area contributed by atoms with E-state index in [9.17, 15) is 9.59 Å². The third kappa shape index (κ3) is 4.28. The highest BCUT2D eigenvalue weighted by atomic mass is 16.2. The minimum Gasteiger partial charge on any atom is -0.343 e. The van der Waals surface area contributed by atoms with Crippen molar-refractivity contribution in [1.82, 2.24) is 9.80 Å². The van der Waals surface area contributed by atoms with Gasteiger partial charge < -0.3 is 15.1 Å². The van der Waals surface area contributed by atoms with Crippen molar-refractivity contribution in [3.63, 3.8) is 0 Å². The number of para-hydroxylation sites is 1. The van der Waals surface area contributed by atoms with Gasteiger partial charge in [0.2, 0.25) is 5.91 Å². The molecule has 1 aliphatic rings. The lowest BCUT2D eigenvalue weighted by atomic mass is 10.0. The summed E-state index contributed by atoms with van der Waals surface area (Å²) in [6.45, 7) is 8.02. The third-order valence-electron chi connectivity index (χ3n) is 4.84. The number of carbonyl (C=O) groups excluding carboxylic acids is 2. The molecule has 3 amide bonds. The van der Waals surface area contributed by atoms with E-state index in [4.69, 9.17) is 0 Å². The van der Waals surface area contributed by atoms with Crippen LogP contribution in [0.15, 0.2) is 18.2 Å². The molecule has 5 nitrogen and oxygen atoms in total. The van der Waals surface area contributed by atoms with Gasteiger partial charge in [-0.3, -0.25) is 4.79 Å². The predicted octanol–water partition coefficient (Wildman–Crippen LogP) is 3.14. The van der Waals surface area contributed by atoms with Gasteiger partial charge in [-0.15, -0.1) is 0 Å². The van der Waals surface area contributed by atoms with E-state index < -0.39 is 0 Å². The second kappa shape index (κ2) is 8.18. The second-order valence-corrected chi connectivity index (χ2v) is 6.59. The van der Waals surface area contributed by atoms with E-state index >= 15 is 0 Å². The standard InChI is InChI=1S/C19H29N3O2/c1-5-16-8-7-9-17(6-2)18(16)20-19(24)21(4)12-15-10-11-22(13-15)14(3)23/h7-9,15H,5-6,10-13H2,1-4H3,(H,20,24)/t15-/m0/s1. The molecule has 132 valence electrons. The molecule has 0 saturated carbocycles. The van der Waals surface area contributed by atoms with Gasteiger partial charge >= 0.3 is 6.03 Å². The minimum absolute atomic E-state index is 0.0770. The van der Waals surface area contributed by atoms with Crippen molar-refractivity contribution in [1.29, 1.82) is 0 Å². The van der Waals surface area contributed by atoms with Crippen molar-refractivity contribution >= 4 is 17.6 Å². The number of nitrogens with zero attached hydrogens (tertiary/aromatic N) is 2. The summed E-state index contributed by atoms with van der Waals surface area (Å²) in [4.78, 5) is 27.6. The summed E-state index contributed by atoms with van der Waals surface area (Å²) in [7, 11) is 1.83. The highest BCUT2D eigenvalue weighted by Crippen LogP contribution is 2.23. The lowest BCUT2D eigenvalue weighted by Gasteiger charge is -2.23. The minimum atomic E-state index is -0.0770. The monoisotopic (exact) mass is 331 g/mol. The summed E-state index contributed by atoms with van der Waals surface area (Å²) in [5, 5.41) is 3.10. The Bertz CT molecular complexity index is 578. The number of anilines is 1. The maximum atomic E-state index is 12.6. The maximum Gasteiger partial charge on any atom is 0.321 e. The van der Waals surface area contributed by atoms with Gasteiger partial charge in [-0.25, -0.2) is 4.79 Å². The van der Waals surface area contributed by atoms with Crippen LogP contribution >= 0.6 is 0 Å². The van der Waals surface area contributed by atoms with Crippen LogP contribution in [0.25, 0.3) is 0 Å². The largest absolute Gasteiger partial charge is 0.343 e. The summed E-state index contributed by atoms with van der Waals surface area (Å²) in [5.41, 5.74) is 3.29. The van der Waals surface area contributed by atoms with Crippen LogP contribution in [0.4, 0.5) is 10.5 Å². The van der Waals surface area contributed by atoms with Gasteiger partial charge in [0, 0.05) is 39.3 Å². The fourth-order valence-corrected chi connectivity index (χ4v) is 3.34. The zero-order valence-corrected chi connectivity index (χ0v) is 15.3. The Morgan fingerprint density at radius 2 is 1.88 bits per heavy atom. The first-order valence-electron chi connectivity index (χ1n) is 8.84. The van der Waals surface area contributed by atoms with Gasteiger partial charge in [-0.05, 0) is 36.3 Å². The average molecular weight is 331 g/mol. The van der Waals surface area contributed by atoms with E-state index in [1.165, 1.54) is 11.1 Å². The fraction of sp³-hybridized carbons (Fsp3) is 0.579. The summed E-state index contributed by atoms with van der Waals surface area (Å²) < 4.78 is 0. The molecule has 1 atom stereocenters. The topological polar surface area (TPSA) is 52.7 Å². The van der Waals surface area contributed by atoms with Crippen molar-refractivity contribution in [2.75, 3.05) is 32.0 Å². The van der Waals surface area contributed by atoms with Gasteiger partial charge in [-0.1, -0.05) is 32.0 Å². The number of urea groups is 1. The number of hydrogen-bond acceptors (Lipinski definition) is 2. The van der Waals surface area contributed by atoms with E-state index in [2.05, 4.69) is 31.3 Å². The van der Waals surface area contributed by atoms with Crippen LogP contribution in [-0.2, 0) is 17.6 Å². The number of carbonyl (C=O) groups is 2. The van der Waals surface area contributed by atoms with Crippen molar-refractivity contribution in [2.45, 2.75) is 40.0 Å². The number of hydrogen-bond donors (Lipinski definition) is 1. The van der Waals surface area contributed by atoms with Crippen molar-refractivity contribution in [3.8, 4) is 0 Å². The Morgan fingerprint density at radius 3 is 2.38 bits per heavy atom. The van der Waals surface area contributed by atoms with Gasteiger partial charge in [0.25, 0.3) is 0 Å². The molecule has 0 unspecified atom stereocenters. The Kier molecular flexibility index (Phi) is 6.23. The number of rotatable bonds is 5. The Morgan fingerprint density at radius 1 is 1.25 bits per heavy atom. The van der Waals surface area contributed by atoms with E-state index in [0.717, 1.165) is 38.0 Å². The summed E-state index contributed by atoms with van der Waals surface area (Å²) in [6.07, 6.45) is 2.75. The van der Waals surface area contributed by atoms with Crippen LogP contribution in [0, 0.1) is 5.92 Å². The SMILES string of the molecule is CCc1cccc(CC)c1NC(=O)N(C)C[C@@H]1CCN(C(C)=O)C1. The van der Waals surface area contributed by atoms with Crippen LogP contribution in [0.5, 0.6) is 0 Å². The molecule has 0 spiro atoms. The highest BCUT2D eigenvalue weighted by molar-refractivity contribution is 5.91. The molecule has 5 heteroatoms. The van der Waals surface area contributed by atoms with E-state index in [1.54, 1.807) is 11.8 Å². The molecule has 2 rings (SSSR count). The zero-order valence-electron chi connectivity index (χ0n) is 15.3. The molecule has 24 heavy (non-hydrogen) atoms. The molecule has 0 aromatic heterocycles. The lowest BCUT2D eigenvalue weighted by molar-refractivity contribution is -0.127. The van der Waals surface area contributed by atoms with Gasteiger partial charge in [-0.2, -0.15) is 0 Å². The first-order valence-corrected chi connectivity index (χ1v) is 8.84. The van der Waals surface area contributed by atoms with Crippen molar-refractivity contribution in [2.24, 2.45) is 5.92 Å². The molecular weight excluding hydrogens is 302 g/mol. The summed E-state index contributed by atoms with van der Waals surface area (Å²) >= 11 is 0. The molecule has 1 saturated heterocycles. The normalized spacial score (nSPS) is 17.0. The number of aryl methyl sites for hydroxylation is 2. The van der Waals surface area contributed by atoms with E-state index in [1.807, 2.05) is 18.0 Å². The molecular formula is C19H29N3O2. The molecule has 1 heterocycles. The molecule has 0 radical (unpaired) electrons. The molecule has 1 aromatic rings. The molecule has 1 aromatic carbocycles. The summed E-state index contributed by atoms with van der Waals surface area (Å²) in [6, 6.07) is 6.10. The quantitative estimate of drug-likeness (QED) is 0.901. The second-order valence-electron chi connectivity index (χ2n) is 6.59. The van der Waals surface area contributed by atoms with Gasteiger partial charge in [0.15, 0.2) is 0 Å². The maximum absolute atomic E-state index is 12.6. The van der Waals surface area contributed by atoms with Gasteiger partial charge in [0.05, 0.1) is 0 Å². The average Bonchev–Trinajstić information content (AvgIpc) is 3.03. The summed E-state index contributed by atoms with van der Waals surface area (Å²) in [5.74, 6) is 0.478. The Balaban J connectivity index is 1.99. The first-order chi connectivity index (χ1) is 11.5. The number of nitrogens with one attached hydrogen (secondary N) is 1. The number of amides is 3. The molecule has 1 fully saturated rings. The van der Waals surface area contributed by atoms with Gasteiger partial charge in [0.1, 0.15) is 0 Å². The first kappa shape index (κ1) is 18.3.